The summed E-state index contributed by atoms with van der Waals surface area (Å²) in [6, 6.07) is 4.57. The fourth-order valence-corrected chi connectivity index (χ4v) is 2.15. The van der Waals surface area contributed by atoms with Crippen molar-refractivity contribution in [1.29, 1.82) is 0 Å². The standard InChI is InChI=1S/C11H12N2O4/c1-12-6-8(11(14)15)4-7-5-9(13(16)17)2-3-10(7)12/h2-3,5,8H,4,6H2,1H3,(H,14,15). The van der Waals surface area contributed by atoms with Crippen LogP contribution in [0.4, 0.5) is 11.4 Å². The van der Waals surface area contributed by atoms with Crippen molar-refractivity contribution in [3.63, 3.8) is 0 Å². The number of aliphatic carboxylic acids is 1. The number of benzene rings is 1. The number of carboxylic acid groups (broad SMARTS) is 1. The van der Waals surface area contributed by atoms with Gasteiger partial charge in [0.15, 0.2) is 0 Å². The largest absolute Gasteiger partial charge is 0.481 e. The molecule has 1 heterocycles. The number of non-ortho nitro benzene ring substituents is 1. The van der Waals surface area contributed by atoms with Gasteiger partial charge in [0.05, 0.1) is 10.8 Å². The van der Waals surface area contributed by atoms with Crippen LogP contribution in [0.2, 0.25) is 0 Å². The first-order valence-corrected chi connectivity index (χ1v) is 5.20. The lowest BCUT2D eigenvalue weighted by molar-refractivity contribution is -0.384. The number of fused-ring (bicyclic) bond motifs is 1. The molecule has 0 radical (unpaired) electrons. The van der Waals surface area contributed by atoms with Gasteiger partial charge in [-0.3, -0.25) is 14.9 Å². The van der Waals surface area contributed by atoms with Crippen LogP contribution in [0.5, 0.6) is 0 Å². The fraction of sp³-hybridized carbons (Fsp3) is 0.364. The Morgan fingerprint density at radius 3 is 2.88 bits per heavy atom. The van der Waals surface area contributed by atoms with Gasteiger partial charge in [0.2, 0.25) is 0 Å². The third-order valence-electron chi connectivity index (χ3n) is 2.99. The summed E-state index contributed by atoms with van der Waals surface area (Å²) >= 11 is 0. The second-order valence-corrected chi connectivity index (χ2v) is 4.19. The van der Waals surface area contributed by atoms with E-state index in [1.807, 2.05) is 4.90 Å². The number of anilines is 1. The molecule has 0 saturated heterocycles. The second-order valence-electron chi connectivity index (χ2n) is 4.19. The van der Waals surface area contributed by atoms with E-state index in [9.17, 15) is 14.9 Å². The van der Waals surface area contributed by atoms with Crippen molar-refractivity contribution in [2.45, 2.75) is 6.42 Å². The Labute approximate surface area is 97.6 Å². The van der Waals surface area contributed by atoms with Crippen LogP contribution >= 0.6 is 0 Å². The summed E-state index contributed by atoms with van der Waals surface area (Å²) in [4.78, 5) is 23.0. The van der Waals surface area contributed by atoms with Gasteiger partial charge in [-0.2, -0.15) is 0 Å². The zero-order valence-electron chi connectivity index (χ0n) is 9.29. The molecule has 1 aromatic carbocycles. The molecule has 90 valence electrons. The number of nitrogens with zero attached hydrogens (tertiary/aromatic N) is 2. The summed E-state index contributed by atoms with van der Waals surface area (Å²) in [5.74, 6) is -1.37. The summed E-state index contributed by atoms with van der Waals surface area (Å²) in [6.45, 7) is 0.431. The molecule has 1 aromatic rings. The number of carbonyl (C=O) groups is 1. The topological polar surface area (TPSA) is 83.7 Å². The first kappa shape index (κ1) is 11.4. The van der Waals surface area contributed by atoms with Gasteiger partial charge in [-0.1, -0.05) is 0 Å². The van der Waals surface area contributed by atoms with Crippen molar-refractivity contribution in [3.05, 3.63) is 33.9 Å². The molecule has 1 atom stereocenters. The van der Waals surface area contributed by atoms with Gasteiger partial charge in [0, 0.05) is 31.4 Å². The zero-order chi connectivity index (χ0) is 12.6. The van der Waals surface area contributed by atoms with Gasteiger partial charge in [0.1, 0.15) is 0 Å². The molecule has 0 aliphatic carbocycles. The normalized spacial score (nSPS) is 18.6. The van der Waals surface area contributed by atoms with E-state index < -0.39 is 16.8 Å². The number of rotatable bonds is 2. The van der Waals surface area contributed by atoms with Crippen molar-refractivity contribution in [3.8, 4) is 0 Å². The summed E-state index contributed by atoms with van der Waals surface area (Å²) in [5, 5.41) is 19.7. The SMILES string of the molecule is CN1CC(C(=O)O)Cc2cc([N+](=O)[O-])ccc21. The average Bonchev–Trinajstić information content (AvgIpc) is 2.27. The van der Waals surface area contributed by atoms with Crippen LogP contribution in [0.3, 0.4) is 0 Å². The third kappa shape index (κ3) is 2.06. The van der Waals surface area contributed by atoms with Crippen LogP contribution in [0.15, 0.2) is 18.2 Å². The fourth-order valence-electron chi connectivity index (χ4n) is 2.15. The van der Waals surface area contributed by atoms with E-state index in [1.165, 1.54) is 12.1 Å². The molecule has 0 bridgehead atoms. The van der Waals surface area contributed by atoms with Crippen molar-refractivity contribution in [1.82, 2.24) is 0 Å². The van der Waals surface area contributed by atoms with E-state index in [4.69, 9.17) is 5.11 Å². The Kier molecular flexibility index (Phi) is 2.71. The monoisotopic (exact) mass is 236 g/mol. The van der Waals surface area contributed by atoms with E-state index >= 15 is 0 Å². The summed E-state index contributed by atoms with van der Waals surface area (Å²) in [7, 11) is 1.79. The molecule has 0 fully saturated rings. The minimum Gasteiger partial charge on any atom is -0.481 e. The van der Waals surface area contributed by atoms with E-state index in [1.54, 1.807) is 13.1 Å². The average molecular weight is 236 g/mol. The maximum absolute atomic E-state index is 11.0. The Balaban J connectivity index is 2.40. The van der Waals surface area contributed by atoms with Crippen LogP contribution in [-0.2, 0) is 11.2 Å². The Hall–Kier alpha value is -2.11. The molecule has 17 heavy (non-hydrogen) atoms. The molecule has 1 aliphatic rings. The Morgan fingerprint density at radius 1 is 1.59 bits per heavy atom. The summed E-state index contributed by atoms with van der Waals surface area (Å²) in [5.41, 5.74) is 1.59. The predicted molar refractivity (Wildman–Crippen MR) is 61.2 cm³/mol. The lowest BCUT2D eigenvalue weighted by atomic mass is 9.92. The molecule has 0 saturated carbocycles. The molecular weight excluding hydrogens is 224 g/mol. The van der Waals surface area contributed by atoms with Crippen molar-refractivity contribution in [2.75, 3.05) is 18.5 Å². The maximum atomic E-state index is 11.0. The quantitative estimate of drug-likeness (QED) is 0.617. The van der Waals surface area contributed by atoms with E-state index in [2.05, 4.69) is 0 Å². The molecule has 6 nitrogen and oxygen atoms in total. The second kappa shape index (κ2) is 4.04. The van der Waals surface area contributed by atoms with Crippen LogP contribution in [0, 0.1) is 16.0 Å². The van der Waals surface area contributed by atoms with Gasteiger partial charge in [-0.05, 0) is 18.1 Å². The van der Waals surface area contributed by atoms with E-state index in [0.717, 1.165) is 11.3 Å². The van der Waals surface area contributed by atoms with Crippen LogP contribution < -0.4 is 4.90 Å². The van der Waals surface area contributed by atoms with Gasteiger partial charge in [-0.25, -0.2) is 0 Å². The van der Waals surface area contributed by atoms with Gasteiger partial charge in [0.25, 0.3) is 5.69 Å². The number of hydrogen-bond donors (Lipinski definition) is 1. The summed E-state index contributed by atoms with van der Waals surface area (Å²) in [6.07, 6.45) is 0.344. The highest BCUT2D eigenvalue weighted by Crippen LogP contribution is 2.31. The highest BCUT2D eigenvalue weighted by Gasteiger charge is 2.28. The highest BCUT2D eigenvalue weighted by molar-refractivity contribution is 5.74. The van der Waals surface area contributed by atoms with Crippen molar-refractivity contribution >= 4 is 17.3 Å². The lowest BCUT2D eigenvalue weighted by Gasteiger charge is -2.31. The molecule has 2 rings (SSSR count). The molecule has 1 aliphatic heterocycles. The van der Waals surface area contributed by atoms with Gasteiger partial charge >= 0.3 is 5.97 Å². The Morgan fingerprint density at radius 2 is 2.29 bits per heavy atom. The predicted octanol–water partition coefficient (Wildman–Crippen LogP) is 1.29. The minimum atomic E-state index is -0.867. The highest BCUT2D eigenvalue weighted by atomic mass is 16.6. The molecule has 0 spiro atoms. The molecule has 1 N–H and O–H groups in total. The van der Waals surface area contributed by atoms with E-state index in [0.29, 0.717) is 13.0 Å². The number of carboxylic acids is 1. The third-order valence-corrected chi connectivity index (χ3v) is 2.99. The van der Waals surface area contributed by atoms with Gasteiger partial charge < -0.3 is 10.0 Å². The molecule has 1 unspecified atom stereocenters. The smallest absolute Gasteiger partial charge is 0.308 e. The number of nitro benzene ring substituents is 1. The molecule has 0 aromatic heterocycles. The Bertz CT molecular complexity index is 486. The molecular formula is C11H12N2O4. The first-order valence-electron chi connectivity index (χ1n) is 5.20. The minimum absolute atomic E-state index is 0.00295. The maximum Gasteiger partial charge on any atom is 0.308 e. The van der Waals surface area contributed by atoms with Crippen LogP contribution in [-0.4, -0.2) is 29.6 Å². The van der Waals surface area contributed by atoms with Crippen LogP contribution in [0.1, 0.15) is 5.56 Å². The van der Waals surface area contributed by atoms with Crippen molar-refractivity contribution < 1.29 is 14.8 Å². The van der Waals surface area contributed by atoms with Crippen LogP contribution in [0.25, 0.3) is 0 Å². The lowest BCUT2D eigenvalue weighted by Crippen LogP contribution is -2.36. The summed E-state index contributed by atoms with van der Waals surface area (Å²) < 4.78 is 0. The number of hydrogen-bond acceptors (Lipinski definition) is 4. The first-order chi connectivity index (χ1) is 7.99. The number of nitro groups is 1. The molecule has 6 heteroatoms. The van der Waals surface area contributed by atoms with Crippen molar-refractivity contribution in [2.24, 2.45) is 5.92 Å². The molecule has 0 amide bonds. The van der Waals surface area contributed by atoms with E-state index in [-0.39, 0.29) is 5.69 Å². The zero-order valence-corrected chi connectivity index (χ0v) is 9.29. The van der Waals surface area contributed by atoms with Gasteiger partial charge in [-0.15, -0.1) is 0 Å².